The molecule has 0 spiro atoms. The Kier molecular flexibility index (Phi) is 28.2. The van der Waals surface area contributed by atoms with Crippen molar-refractivity contribution in [2.24, 2.45) is 0 Å². The summed E-state index contributed by atoms with van der Waals surface area (Å²) in [6, 6.07) is 0.303. The Morgan fingerprint density at radius 1 is 0.583 bits per heavy atom. The second-order valence-corrected chi connectivity index (χ2v) is 11.0. The number of carbonyl (C=O) groups is 1. The first-order chi connectivity index (χ1) is 17.7. The van der Waals surface area contributed by atoms with Crippen molar-refractivity contribution in [1.29, 1.82) is 0 Å². The van der Waals surface area contributed by atoms with Gasteiger partial charge in [-0.25, -0.2) is 4.79 Å². The lowest BCUT2D eigenvalue weighted by Crippen LogP contribution is -2.42. The van der Waals surface area contributed by atoms with E-state index >= 15 is 0 Å². The molecule has 1 atom stereocenters. The second-order valence-electron chi connectivity index (χ2n) is 11.0. The fourth-order valence-electron chi connectivity index (χ4n) is 5.32. The molecule has 216 valence electrons. The van der Waals surface area contributed by atoms with E-state index in [2.05, 4.69) is 26.3 Å². The lowest BCUT2D eigenvalue weighted by molar-refractivity contribution is 0.0491. The maximum absolute atomic E-state index is 12.6. The first-order valence-corrected chi connectivity index (χ1v) is 16.3. The third kappa shape index (κ3) is 22.4. The molecule has 0 saturated heterocycles. The van der Waals surface area contributed by atoms with E-state index in [4.69, 9.17) is 4.84 Å². The van der Waals surface area contributed by atoms with E-state index < -0.39 is 0 Å². The van der Waals surface area contributed by atoms with E-state index in [1.807, 2.05) is 4.90 Å². The molecule has 0 aromatic heterocycles. The van der Waals surface area contributed by atoms with Gasteiger partial charge in [-0.2, -0.15) is 5.48 Å². The molecule has 0 rings (SSSR count). The highest BCUT2D eigenvalue weighted by Gasteiger charge is 2.23. The van der Waals surface area contributed by atoms with Crippen LogP contribution in [0.5, 0.6) is 0 Å². The third-order valence-corrected chi connectivity index (χ3v) is 7.73. The fourth-order valence-corrected chi connectivity index (χ4v) is 5.32. The van der Waals surface area contributed by atoms with Gasteiger partial charge in [0.1, 0.15) is 0 Å². The van der Waals surface area contributed by atoms with Crippen LogP contribution in [0.4, 0.5) is 4.79 Å². The molecule has 0 aliphatic carbocycles. The smallest absolute Gasteiger partial charge is 0.354 e. The average molecular weight is 511 g/mol. The average Bonchev–Trinajstić information content (AvgIpc) is 2.88. The van der Waals surface area contributed by atoms with Crippen molar-refractivity contribution >= 4 is 6.09 Å². The highest BCUT2D eigenvalue weighted by Crippen LogP contribution is 2.18. The summed E-state index contributed by atoms with van der Waals surface area (Å²) in [7, 11) is 1.67. The molecule has 0 bridgehead atoms. The van der Waals surface area contributed by atoms with E-state index in [-0.39, 0.29) is 6.09 Å². The van der Waals surface area contributed by atoms with Gasteiger partial charge in [0.15, 0.2) is 0 Å². The van der Waals surface area contributed by atoms with Crippen LogP contribution in [-0.4, -0.2) is 30.6 Å². The minimum absolute atomic E-state index is 0.199. The Morgan fingerprint density at radius 3 is 1.31 bits per heavy atom. The summed E-state index contributed by atoms with van der Waals surface area (Å²) >= 11 is 0. The van der Waals surface area contributed by atoms with Crippen LogP contribution in [0.2, 0.25) is 0 Å². The van der Waals surface area contributed by atoms with Crippen LogP contribution in [0.25, 0.3) is 0 Å². The molecule has 36 heavy (non-hydrogen) atoms. The van der Waals surface area contributed by atoms with Crippen LogP contribution in [0.3, 0.4) is 0 Å². The monoisotopic (exact) mass is 511 g/mol. The number of carbonyl (C=O) groups excluding carboxylic acids is 1. The maximum Gasteiger partial charge on any atom is 0.428 e. The largest absolute Gasteiger partial charge is 0.428 e. The van der Waals surface area contributed by atoms with Crippen molar-refractivity contribution < 1.29 is 9.63 Å². The lowest BCUT2D eigenvalue weighted by Gasteiger charge is -2.30. The zero-order valence-electron chi connectivity index (χ0n) is 25.2. The fraction of sp³-hybridized carbons (Fsp3) is 0.969. The number of nitrogens with zero attached hydrogens (tertiary/aromatic N) is 1. The molecule has 1 N–H and O–H groups in total. The predicted molar refractivity (Wildman–Crippen MR) is 158 cm³/mol. The number of unbranched alkanes of at least 4 members (excludes halogenated alkanes) is 21. The maximum atomic E-state index is 12.6. The van der Waals surface area contributed by atoms with E-state index in [1.165, 1.54) is 141 Å². The molecule has 1 unspecified atom stereocenters. The number of rotatable bonds is 28. The number of hydrogen-bond donors (Lipinski definition) is 1. The summed E-state index contributed by atoms with van der Waals surface area (Å²) in [4.78, 5) is 19.8. The van der Waals surface area contributed by atoms with Crippen LogP contribution in [-0.2, 0) is 4.84 Å². The Balaban J connectivity index is 3.98. The molecule has 1 amide bonds. The van der Waals surface area contributed by atoms with Gasteiger partial charge in [0, 0.05) is 19.6 Å². The van der Waals surface area contributed by atoms with Crippen LogP contribution in [0, 0.1) is 0 Å². The minimum Gasteiger partial charge on any atom is -0.354 e. The van der Waals surface area contributed by atoms with E-state index in [1.54, 1.807) is 7.05 Å². The Labute approximate surface area is 227 Å². The Morgan fingerprint density at radius 2 is 0.944 bits per heavy atom. The molecule has 0 heterocycles. The zero-order valence-corrected chi connectivity index (χ0v) is 25.2. The highest BCUT2D eigenvalue weighted by molar-refractivity contribution is 5.67. The summed E-state index contributed by atoms with van der Waals surface area (Å²) in [5.74, 6) is 0. The van der Waals surface area contributed by atoms with Gasteiger partial charge in [-0.1, -0.05) is 162 Å². The van der Waals surface area contributed by atoms with Crippen molar-refractivity contribution in [3.05, 3.63) is 0 Å². The standard InChI is InChI=1S/C32H66N2O2/c1-5-8-10-12-14-16-18-20-22-24-26-28-30-34(32(35)36-33-4)31(7-3)29-27-25-23-21-19-17-15-13-11-9-6-2/h31,33H,5-30H2,1-4H3. The Bertz CT molecular complexity index is 444. The Hall–Kier alpha value is -0.770. The van der Waals surface area contributed by atoms with Gasteiger partial charge in [-0.15, -0.1) is 0 Å². The number of nitrogens with one attached hydrogen (secondary N) is 1. The molecule has 0 aromatic carbocycles. The summed E-state index contributed by atoms with van der Waals surface area (Å²) in [5.41, 5.74) is 2.59. The van der Waals surface area contributed by atoms with Crippen LogP contribution in [0.1, 0.15) is 181 Å². The number of hydrogen-bond acceptors (Lipinski definition) is 3. The van der Waals surface area contributed by atoms with Gasteiger partial charge < -0.3 is 9.74 Å². The molecule has 0 aliphatic rings. The van der Waals surface area contributed by atoms with E-state index in [0.717, 1.165) is 25.8 Å². The topological polar surface area (TPSA) is 41.6 Å². The predicted octanol–water partition coefficient (Wildman–Crippen LogP) is 10.7. The summed E-state index contributed by atoms with van der Waals surface area (Å²) in [5, 5.41) is 0. The molecule has 0 radical (unpaired) electrons. The summed E-state index contributed by atoms with van der Waals surface area (Å²) in [6.07, 6.45) is 33.0. The molecule has 0 aromatic rings. The van der Waals surface area contributed by atoms with Gasteiger partial charge in [0.05, 0.1) is 0 Å². The number of amides is 1. The molecular weight excluding hydrogens is 444 g/mol. The molecule has 4 heteroatoms. The normalized spacial score (nSPS) is 12.1. The first-order valence-electron chi connectivity index (χ1n) is 16.3. The van der Waals surface area contributed by atoms with Gasteiger partial charge in [0.2, 0.25) is 0 Å². The van der Waals surface area contributed by atoms with Crippen LogP contribution < -0.4 is 5.48 Å². The SMILES string of the molecule is CCCCCCCCCCCCCCN(C(=O)ONC)C(CC)CCCCCCCCCCCCC. The molecule has 0 aliphatic heterocycles. The number of hydroxylamine groups is 1. The summed E-state index contributed by atoms with van der Waals surface area (Å²) < 4.78 is 0. The van der Waals surface area contributed by atoms with Gasteiger partial charge in [-0.3, -0.25) is 0 Å². The van der Waals surface area contributed by atoms with Gasteiger partial charge >= 0.3 is 6.09 Å². The molecule has 0 saturated carbocycles. The van der Waals surface area contributed by atoms with Crippen molar-refractivity contribution in [3.63, 3.8) is 0 Å². The highest BCUT2D eigenvalue weighted by atomic mass is 16.7. The van der Waals surface area contributed by atoms with Crippen molar-refractivity contribution in [2.75, 3.05) is 13.6 Å². The third-order valence-electron chi connectivity index (χ3n) is 7.73. The van der Waals surface area contributed by atoms with Crippen LogP contribution in [0.15, 0.2) is 0 Å². The first kappa shape index (κ1) is 35.2. The molecule has 0 fully saturated rings. The van der Waals surface area contributed by atoms with Crippen molar-refractivity contribution in [1.82, 2.24) is 10.4 Å². The van der Waals surface area contributed by atoms with Crippen LogP contribution >= 0.6 is 0 Å². The van der Waals surface area contributed by atoms with Crippen molar-refractivity contribution in [2.45, 2.75) is 187 Å². The summed E-state index contributed by atoms with van der Waals surface area (Å²) in [6.45, 7) is 7.61. The zero-order chi connectivity index (χ0) is 26.5. The van der Waals surface area contributed by atoms with Gasteiger partial charge in [-0.05, 0) is 19.3 Å². The second kappa shape index (κ2) is 28.8. The quantitative estimate of drug-likeness (QED) is 0.0840. The van der Waals surface area contributed by atoms with E-state index in [0.29, 0.717) is 6.04 Å². The van der Waals surface area contributed by atoms with Crippen molar-refractivity contribution in [3.8, 4) is 0 Å². The minimum atomic E-state index is -0.199. The molecular formula is C32H66N2O2. The van der Waals surface area contributed by atoms with Gasteiger partial charge in [0.25, 0.3) is 0 Å². The lowest BCUT2D eigenvalue weighted by atomic mass is 10.0. The molecule has 4 nitrogen and oxygen atoms in total. The van der Waals surface area contributed by atoms with E-state index in [9.17, 15) is 4.79 Å².